The van der Waals surface area contributed by atoms with Gasteiger partial charge in [0.25, 0.3) is 0 Å². The molecule has 0 aliphatic rings. The summed E-state index contributed by atoms with van der Waals surface area (Å²) in [5.41, 5.74) is 3.70. The third-order valence-electron chi connectivity index (χ3n) is 10.3. The summed E-state index contributed by atoms with van der Waals surface area (Å²) < 4.78 is 12.5. The lowest BCUT2D eigenvalue weighted by atomic mass is 9.70. The van der Waals surface area contributed by atoms with E-state index in [-0.39, 0.29) is 5.04 Å². The molecule has 0 bridgehead atoms. The lowest BCUT2D eigenvalue weighted by Crippen LogP contribution is -2.40. The summed E-state index contributed by atoms with van der Waals surface area (Å²) in [6, 6.07) is 33.7. The number of benzene rings is 4. The molecule has 5 nitrogen and oxygen atoms in total. The van der Waals surface area contributed by atoms with E-state index >= 15 is 0 Å². The molecule has 48 heavy (non-hydrogen) atoms. The van der Waals surface area contributed by atoms with Crippen LogP contribution in [0.15, 0.2) is 97.1 Å². The molecule has 5 rings (SSSR count). The maximum atomic E-state index is 13.3. The SMILES string of the molecule is COc1nc2ccc(CCCCO[Si](C)(C)C(C)(C)C)cc2cc1C(c1ccccc1)C(O)(CCN(C)C)c1cccc2ccccc12. The molecule has 4 aromatic carbocycles. The third kappa shape index (κ3) is 7.84. The molecule has 0 aliphatic heterocycles. The Morgan fingerprint density at radius 1 is 0.833 bits per heavy atom. The van der Waals surface area contributed by atoms with Gasteiger partial charge in [-0.15, -0.1) is 0 Å². The van der Waals surface area contributed by atoms with Crippen molar-refractivity contribution in [2.45, 2.75) is 76.1 Å². The van der Waals surface area contributed by atoms with Gasteiger partial charge in [0.05, 0.1) is 12.6 Å². The minimum Gasteiger partial charge on any atom is -0.481 e. The first kappa shape index (κ1) is 35.7. The van der Waals surface area contributed by atoms with Crippen LogP contribution in [-0.2, 0) is 16.4 Å². The molecule has 0 amide bonds. The summed E-state index contributed by atoms with van der Waals surface area (Å²) in [4.78, 5) is 7.18. The molecule has 0 spiro atoms. The molecule has 0 saturated heterocycles. The number of unbranched alkanes of at least 4 members (excludes halogenated alkanes) is 1. The number of hydrogen-bond donors (Lipinski definition) is 1. The van der Waals surface area contributed by atoms with Gasteiger partial charge in [-0.25, -0.2) is 4.98 Å². The van der Waals surface area contributed by atoms with Crippen molar-refractivity contribution in [2.75, 3.05) is 34.4 Å². The number of ether oxygens (including phenoxy) is 1. The number of rotatable bonds is 14. The van der Waals surface area contributed by atoms with E-state index in [4.69, 9.17) is 14.1 Å². The summed E-state index contributed by atoms with van der Waals surface area (Å²) in [5, 5.41) is 16.7. The number of aryl methyl sites for hydroxylation is 1. The van der Waals surface area contributed by atoms with Crippen molar-refractivity contribution in [2.24, 2.45) is 0 Å². The number of pyridine rings is 1. The van der Waals surface area contributed by atoms with Crippen LogP contribution < -0.4 is 4.74 Å². The first-order valence-corrected chi connectivity index (χ1v) is 20.3. The normalized spacial score (nSPS) is 14.4. The van der Waals surface area contributed by atoms with Gasteiger partial charge in [-0.1, -0.05) is 99.6 Å². The Hall–Kier alpha value is -3.55. The molecular weight excluding hydrogens is 609 g/mol. The average molecular weight is 663 g/mol. The number of methoxy groups -OCH3 is 1. The predicted octanol–water partition coefficient (Wildman–Crippen LogP) is 9.71. The van der Waals surface area contributed by atoms with Crippen molar-refractivity contribution in [3.8, 4) is 5.88 Å². The largest absolute Gasteiger partial charge is 0.481 e. The number of aromatic nitrogens is 1. The summed E-state index contributed by atoms with van der Waals surface area (Å²) >= 11 is 0. The summed E-state index contributed by atoms with van der Waals surface area (Å²) in [6.07, 6.45) is 3.60. The standard InChI is InChI=1S/C42H54N2O3Si/c1-41(2,3)48(7,8)47-28-15-14-17-31-24-25-38-34(29-31)30-36(40(43-38)46-6)39(33-19-10-9-11-20-33)42(45,26-27-44(4)5)37-23-16-21-32-18-12-13-22-35(32)37/h9-13,16,18-25,29-30,39,45H,14-15,17,26-28H2,1-8H3. The molecule has 0 radical (unpaired) electrons. The Morgan fingerprint density at radius 2 is 1.54 bits per heavy atom. The van der Waals surface area contributed by atoms with Crippen LogP contribution in [-0.4, -0.2) is 57.7 Å². The van der Waals surface area contributed by atoms with Gasteiger partial charge in [0.2, 0.25) is 5.88 Å². The number of aliphatic hydroxyl groups is 1. The molecule has 5 aromatic rings. The van der Waals surface area contributed by atoms with Crippen LogP contribution in [0.25, 0.3) is 21.7 Å². The van der Waals surface area contributed by atoms with Crippen LogP contribution in [0, 0.1) is 0 Å². The lowest BCUT2D eigenvalue weighted by Gasteiger charge is -2.39. The first-order valence-electron chi connectivity index (χ1n) is 17.4. The van der Waals surface area contributed by atoms with Crippen molar-refractivity contribution in [1.82, 2.24) is 9.88 Å². The van der Waals surface area contributed by atoms with E-state index in [1.54, 1.807) is 7.11 Å². The molecule has 0 aliphatic carbocycles. The highest BCUT2D eigenvalue weighted by atomic mass is 28.4. The third-order valence-corrected chi connectivity index (χ3v) is 14.8. The lowest BCUT2D eigenvalue weighted by molar-refractivity contribution is 0.00520. The van der Waals surface area contributed by atoms with Crippen molar-refractivity contribution in [3.05, 3.63) is 119 Å². The van der Waals surface area contributed by atoms with E-state index in [9.17, 15) is 5.11 Å². The smallest absolute Gasteiger partial charge is 0.217 e. The molecule has 254 valence electrons. The second-order valence-electron chi connectivity index (χ2n) is 15.0. The maximum absolute atomic E-state index is 13.3. The fourth-order valence-electron chi connectivity index (χ4n) is 6.51. The average Bonchev–Trinajstić information content (AvgIpc) is 3.06. The van der Waals surface area contributed by atoms with E-state index in [2.05, 4.69) is 132 Å². The Balaban J connectivity index is 1.57. The minimum absolute atomic E-state index is 0.223. The fraction of sp³-hybridized carbons (Fsp3) is 0.405. The summed E-state index contributed by atoms with van der Waals surface area (Å²) in [7, 11) is 4.05. The Kier molecular flexibility index (Phi) is 11.1. The van der Waals surface area contributed by atoms with Gasteiger partial charge in [0.15, 0.2) is 8.32 Å². The molecule has 0 fully saturated rings. The highest BCUT2D eigenvalue weighted by molar-refractivity contribution is 6.74. The van der Waals surface area contributed by atoms with Gasteiger partial charge in [-0.2, -0.15) is 0 Å². The molecule has 1 N–H and O–H groups in total. The molecule has 0 saturated carbocycles. The minimum atomic E-state index is -1.74. The molecule has 1 heterocycles. The van der Waals surface area contributed by atoms with Gasteiger partial charge in [0, 0.05) is 30.0 Å². The van der Waals surface area contributed by atoms with Crippen LogP contribution in [0.5, 0.6) is 5.88 Å². The number of hydrogen-bond acceptors (Lipinski definition) is 5. The van der Waals surface area contributed by atoms with E-state index in [0.717, 1.165) is 64.2 Å². The van der Waals surface area contributed by atoms with Gasteiger partial charge in [0.1, 0.15) is 5.60 Å². The van der Waals surface area contributed by atoms with E-state index in [1.807, 2.05) is 18.2 Å². The van der Waals surface area contributed by atoms with Crippen molar-refractivity contribution >= 4 is 30.0 Å². The zero-order valence-electron chi connectivity index (χ0n) is 30.2. The summed E-state index contributed by atoms with van der Waals surface area (Å²) in [5.74, 6) is 0.0999. The zero-order chi connectivity index (χ0) is 34.5. The monoisotopic (exact) mass is 662 g/mol. The summed E-state index contributed by atoms with van der Waals surface area (Å²) in [6.45, 7) is 13.0. The van der Waals surface area contributed by atoms with Gasteiger partial charge in [-0.05, 0) is 104 Å². The van der Waals surface area contributed by atoms with Crippen LogP contribution in [0.4, 0.5) is 0 Å². The van der Waals surface area contributed by atoms with E-state index in [1.165, 1.54) is 5.56 Å². The van der Waals surface area contributed by atoms with Crippen molar-refractivity contribution in [3.63, 3.8) is 0 Å². The first-order chi connectivity index (χ1) is 22.8. The van der Waals surface area contributed by atoms with Crippen molar-refractivity contribution in [1.29, 1.82) is 0 Å². The number of fused-ring (bicyclic) bond motifs is 2. The Bertz CT molecular complexity index is 1810. The molecule has 6 heteroatoms. The fourth-order valence-corrected chi connectivity index (χ4v) is 7.60. The van der Waals surface area contributed by atoms with E-state index in [0.29, 0.717) is 18.8 Å². The van der Waals surface area contributed by atoms with E-state index < -0.39 is 19.8 Å². The van der Waals surface area contributed by atoms with Crippen LogP contribution >= 0.6 is 0 Å². The topological polar surface area (TPSA) is 54.8 Å². The van der Waals surface area contributed by atoms with Gasteiger partial charge in [-0.3, -0.25) is 0 Å². The molecular formula is C42H54N2O3Si. The van der Waals surface area contributed by atoms with Crippen LogP contribution in [0.1, 0.15) is 68.2 Å². The Morgan fingerprint density at radius 3 is 2.25 bits per heavy atom. The predicted molar refractivity (Wildman–Crippen MR) is 204 cm³/mol. The highest BCUT2D eigenvalue weighted by Gasteiger charge is 2.43. The Labute approximate surface area is 289 Å². The quantitative estimate of drug-likeness (QED) is 0.0948. The van der Waals surface area contributed by atoms with Crippen LogP contribution in [0.2, 0.25) is 18.1 Å². The second kappa shape index (κ2) is 14.9. The maximum Gasteiger partial charge on any atom is 0.217 e. The molecule has 1 aromatic heterocycles. The van der Waals surface area contributed by atoms with Gasteiger partial charge >= 0.3 is 0 Å². The molecule has 2 unspecified atom stereocenters. The van der Waals surface area contributed by atoms with Crippen molar-refractivity contribution < 1.29 is 14.3 Å². The highest BCUT2D eigenvalue weighted by Crippen LogP contribution is 2.49. The van der Waals surface area contributed by atoms with Crippen LogP contribution in [0.3, 0.4) is 0 Å². The second-order valence-corrected chi connectivity index (χ2v) is 19.8. The number of nitrogens with zero attached hydrogens (tertiary/aromatic N) is 2. The van der Waals surface area contributed by atoms with Gasteiger partial charge < -0.3 is 19.2 Å². The zero-order valence-corrected chi connectivity index (χ0v) is 31.2. The molecule has 2 atom stereocenters.